The maximum absolute atomic E-state index is 13.0. The lowest BCUT2D eigenvalue weighted by molar-refractivity contribution is 0.0705. The zero-order chi connectivity index (χ0) is 21.1. The van der Waals surface area contributed by atoms with Crippen molar-refractivity contribution < 1.29 is 9.53 Å². The number of benzene rings is 1. The molecule has 0 aliphatic carbocycles. The fourth-order valence-electron chi connectivity index (χ4n) is 3.81. The highest BCUT2D eigenvalue weighted by Gasteiger charge is 2.27. The number of carbonyl (C=O) groups excluding carboxylic acids is 1. The van der Waals surface area contributed by atoms with E-state index in [1.807, 2.05) is 29.2 Å². The number of nitrogens with zero attached hydrogens (tertiary/aromatic N) is 4. The number of pyridine rings is 1. The smallest absolute Gasteiger partial charge is 0.255 e. The molecule has 0 spiro atoms. The van der Waals surface area contributed by atoms with Crippen LogP contribution in [0.15, 0.2) is 59.8 Å². The highest BCUT2D eigenvalue weighted by molar-refractivity contribution is 5.94. The van der Waals surface area contributed by atoms with Crippen LogP contribution in [0, 0.1) is 0 Å². The molecular formula is C23H24N4O3. The van der Waals surface area contributed by atoms with Crippen LogP contribution in [0.1, 0.15) is 34.8 Å². The molecule has 154 valence electrons. The first-order valence-electron chi connectivity index (χ1n) is 9.97. The molecule has 1 aromatic carbocycles. The predicted octanol–water partition coefficient (Wildman–Crippen LogP) is 2.87. The first-order valence-corrected chi connectivity index (χ1v) is 9.97. The molecule has 1 amide bonds. The molecular weight excluding hydrogens is 380 g/mol. The number of hydrogen-bond acceptors (Lipinski definition) is 5. The normalized spacial score (nSPS) is 16.3. The number of carbonyl (C=O) groups is 1. The van der Waals surface area contributed by atoms with Crippen molar-refractivity contribution in [2.24, 2.45) is 7.05 Å². The Balaban J connectivity index is 1.55. The molecule has 3 aromatic rings. The third-order valence-electron chi connectivity index (χ3n) is 5.48. The number of likely N-dealkylation sites (tertiary alicyclic amines) is 1. The third-order valence-corrected chi connectivity index (χ3v) is 5.48. The molecule has 30 heavy (non-hydrogen) atoms. The van der Waals surface area contributed by atoms with Gasteiger partial charge in [0.05, 0.1) is 30.3 Å². The van der Waals surface area contributed by atoms with Gasteiger partial charge in [-0.3, -0.25) is 14.6 Å². The highest BCUT2D eigenvalue weighted by Crippen LogP contribution is 2.28. The van der Waals surface area contributed by atoms with E-state index in [2.05, 4.69) is 4.98 Å². The van der Waals surface area contributed by atoms with Crippen molar-refractivity contribution in [3.8, 4) is 17.0 Å². The fourth-order valence-corrected chi connectivity index (χ4v) is 3.81. The van der Waals surface area contributed by atoms with E-state index < -0.39 is 0 Å². The minimum absolute atomic E-state index is 0.0628. The number of amides is 1. The molecule has 0 N–H and O–H groups in total. The van der Waals surface area contributed by atoms with E-state index in [9.17, 15) is 9.59 Å². The number of piperidine rings is 1. The van der Waals surface area contributed by atoms with Gasteiger partial charge in [0.15, 0.2) is 0 Å². The Morgan fingerprint density at radius 3 is 2.87 bits per heavy atom. The van der Waals surface area contributed by atoms with Crippen LogP contribution >= 0.6 is 0 Å². The van der Waals surface area contributed by atoms with Crippen LogP contribution in [-0.2, 0) is 7.05 Å². The summed E-state index contributed by atoms with van der Waals surface area (Å²) in [5.74, 6) is 0.826. The molecule has 7 heteroatoms. The number of aryl methyl sites for hydroxylation is 1. The van der Waals surface area contributed by atoms with Gasteiger partial charge in [0.1, 0.15) is 5.75 Å². The van der Waals surface area contributed by atoms with Gasteiger partial charge in [-0.2, -0.15) is 0 Å². The number of aromatic nitrogens is 3. The average Bonchev–Trinajstić information content (AvgIpc) is 2.80. The Hall–Kier alpha value is -3.48. The molecule has 0 saturated carbocycles. The summed E-state index contributed by atoms with van der Waals surface area (Å²) < 4.78 is 6.74. The number of ether oxygens (including phenoxy) is 1. The van der Waals surface area contributed by atoms with Crippen LogP contribution in [0.3, 0.4) is 0 Å². The second-order valence-electron chi connectivity index (χ2n) is 7.52. The van der Waals surface area contributed by atoms with Crippen molar-refractivity contribution in [3.05, 3.63) is 76.6 Å². The molecule has 1 atom stereocenters. The van der Waals surface area contributed by atoms with Crippen molar-refractivity contribution in [3.63, 3.8) is 0 Å². The van der Waals surface area contributed by atoms with Crippen molar-refractivity contribution in [2.45, 2.75) is 18.8 Å². The minimum Gasteiger partial charge on any atom is -0.497 e. The van der Waals surface area contributed by atoms with E-state index in [1.165, 1.54) is 10.6 Å². The van der Waals surface area contributed by atoms with Gasteiger partial charge in [-0.1, -0.05) is 12.1 Å². The Morgan fingerprint density at radius 1 is 1.20 bits per heavy atom. The molecule has 0 unspecified atom stereocenters. The molecule has 0 bridgehead atoms. The molecule has 2 aromatic heterocycles. The van der Waals surface area contributed by atoms with Crippen molar-refractivity contribution in [1.29, 1.82) is 0 Å². The Morgan fingerprint density at radius 2 is 2.07 bits per heavy atom. The summed E-state index contributed by atoms with van der Waals surface area (Å²) in [4.78, 5) is 35.6. The summed E-state index contributed by atoms with van der Waals surface area (Å²) in [6.07, 6.45) is 6.97. The average molecular weight is 404 g/mol. The largest absolute Gasteiger partial charge is 0.497 e. The molecule has 1 aliphatic rings. The number of hydrogen-bond donors (Lipinski definition) is 0. The van der Waals surface area contributed by atoms with Crippen LogP contribution in [0.4, 0.5) is 0 Å². The zero-order valence-electron chi connectivity index (χ0n) is 17.1. The second-order valence-corrected chi connectivity index (χ2v) is 7.52. The highest BCUT2D eigenvalue weighted by atomic mass is 16.5. The van der Waals surface area contributed by atoms with E-state index >= 15 is 0 Å². The number of rotatable bonds is 4. The monoisotopic (exact) mass is 404 g/mol. The van der Waals surface area contributed by atoms with Gasteiger partial charge in [0, 0.05) is 50.1 Å². The van der Waals surface area contributed by atoms with Crippen LogP contribution in [0.2, 0.25) is 0 Å². The second kappa shape index (κ2) is 8.49. The van der Waals surface area contributed by atoms with Crippen LogP contribution < -0.4 is 10.3 Å². The Labute approximate surface area is 175 Å². The molecule has 1 saturated heterocycles. The lowest BCUT2D eigenvalue weighted by Gasteiger charge is -2.32. The number of methoxy groups -OCH3 is 1. The molecule has 4 rings (SSSR count). The maximum atomic E-state index is 13.0. The molecule has 7 nitrogen and oxygen atoms in total. The molecule has 3 heterocycles. The van der Waals surface area contributed by atoms with Gasteiger partial charge >= 0.3 is 0 Å². The van der Waals surface area contributed by atoms with Crippen molar-refractivity contribution in [2.75, 3.05) is 20.2 Å². The SMILES string of the molecule is COc1cccc(-c2cncc([C@@H]3CCCN(C(=O)c4ccc(=O)n(C)c4)C3)n2)c1. The van der Waals surface area contributed by atoms with Crippen molar-refractivity contribution in [1.82, 2.24) is 19.4 Å². The van der Waals surface area contributed by atoms with Gasteiger partial charge < -0.3 is 14.2 Å². The van der Waals surface area contributed by atoms with E-state index in [0.717, 1.165) is 35.5 Å². The van der Waals surface area contributed by atoms with E-state index in [0.29, 0.717) is 18.7 Å². The van der Waals surface area contributed by atoms with Gasteiger partial charge in [-0.05, 0) is 31.0 Å². The first kappa shape index (κ1) is 19.8. The zero-order valence-corrected chi connectivity index (χ0v) is 17.1. The summed E-state index contributed by atoms with van der Waals surface area (Å²) >= 11 is 0. The van der Waals surface area contributed by atoms with Crippen molar-refractivity contribution >= 4 is 5.91 Å². The Bertz CT molecular complexity index is 1130. The quantitative estimate of drug-likeness (QED) is 0.668. The third kappa shape index (κ3) is 4.10. The molecule has 1 aliphatic heterocycles. The lowest BCUT2D eigenvalue weighted by atomic mass is 9.94. The van der Waals surface area contributed by atoms with E-state index in [1.54, 1.807) is 38.8 Å². The van der Waals surface area contributed by atoms with Crippen LogP contribution in [0.5, 0.6) is 5.75 Å². The van der Waals surface area contributed by atoms with E-state index in [-0.39, 0.29) is 17.4 Å². The standard InChI is InChI=1S/C23H24N4O3/c1-26-14-18(8-9-22(26)28)23(29)27-10-4-6-17(15-27)21-13-24-12-20(25-21)16-5-3-7-19(11-16)30-2/h3,5,7-9,11-14,17H,4,6,10,15H2,1-2H3/t17-/m1/s1. The summed E-state index contributed by atoms with van der Waals surface area (Å²) in [6, 6.07) is 10.8. The summed E-state index contributed by atoms with van der Waals surface area (Å²) in [5.41, 5.74) is 3.00. The molecule has 1 fully saturated rings. The van der Waals surface area contributed by atoms with E-state index in [4.69, 9.17) is 9.72 Å². The van der Waals surface area contributed by atoms with Gasteiger partial charge in [-0.25, -0.2) is 4.98 Å². The van der Waals surface area contributed by atoms with Gasteiger partial charge in [0.25, 0.3) is 5.91 Å². The van der Waals surface area contributed by atoms with Crippen LogP contribution in [0.25, 0.3) is 11.3 Å². The van der Waals surface area contributed by atoms with Gasteiger partial charge in [0.2, 0.25) is 5.56 Å². The van der Waals surface area contributed by atoms with Crippen LogP contribution in [-0.4, -0.2) is 45.5 Å². The summed E-state index contributed by atoms with van der Waals surface area (Å²) in [7, 11) is 3.29. The maximum Gasteiger partial charge on any atom is 0.255 e. The minimum atomic E-state index is -0.132. The topological polar surface area (TPSA) is 77.3 Å². The fraction of sp³-hybridized carbons (Fsp3) is 0.304. The van der Waals surface area contributed by atoms with Gasteiger partial charge in [-0.15, -0.1) is 0 Å². The summed E-state index contributed by atoms with van der Waals surface area (Å²) in [6.45, 7) is 1.28. The summed E-state index contributed by atoms with van der Waals surface area (Å²) in [5, 5.41) is 0. The lowest BCUT2D eigenvalue weighted by Crippen LogP contribution is -2.39. The molecule has 0 radical (unpaired) electrons. The first-order chi connectivity index (χ1) is 14.5. The Kier molecular flexibility index (Phi) is 5.61. The predicted molar refractivity (Wildman–Crippen MR) is 114 cm³/mol.